The second kappa shape index (κ2) is 7.98. The predicted molar refractivity (Wildman–Crippen MR) is 81.4 cm³/mol. The number of ether oxygens (including phenoxy) is 1. The van der Waals surface area contributed by atoms with Gasteiger partial charge in [-0.1, -0.05) is 42.5 Å². The second-order valence-corrected chi connectivity index (χ2v) is 5.98. The van der Waals surface area contributed by atoms with Crippen LogP contribution in [0.15, 0.2) is 18.2 Å². The van der Waals surface area contributed by atoms with Gasteiger partial charge in [-0.3, -0.25) is 0 Å². The molecule has 0 radical (unpaired) electrons. The van der Waals surface area contributed by atoms with Crippen LogP contribution in [0.5, 0.6) is 5.75 Å². The molecule has 1 aromatic rings. The zero-order valence-electron chi connectivity index (χ0n) is 11.1. The molecule has 2 rings (SSSR count). The Balaban J connectivity index is 1.62. The Morgan fingerprint density at radius 1 is 1.16 bits per heavy atom. The Bertz CT molecular complexity index is 392. The molecule has 0 heterocycles. The van der Waals surface area contributed by atoms with Crippen LogP contribution in [-0.4, -0.2) is 19.7 Å². The molecule has 1 fully saturated rings. The van der Waals surface area contributed by atoms with Crippen LogP contribution < -0.4 is 10.1 Å². The molecule has 0 saturated heterocycles. The van der Waals surface area contributed by atoms with Gasteiger partial charge in [-0.15, -0.1) is 0 Å². The minimum Gasteiger partial charge on any atom is -0.491 e. The summed E-state index contributed by atoms with van der Waals surface area (Å²) in [6, 6.07) is 5.28. The van der Waals surface area contributed by atoms with Crippen LogP contribution in [0, 0.1) is 5.92 Å². The van der Waals surface area contributed by atoms with Crippen molar-refractivity contribution in [3.8, 4) is 5.75 Å². The van der Waals surface area contributed by atoms with Crippen LogP contribution in [0.3, 0.4) is 0 Å². The van der Waals surface area contributed by atoms with Crippen LogP contribution in [0.1, 0.15) is 32.1 Å². The largest absolute Gasteiger partial charge is 0.491 e. The van der Waals surface area contributed by atoms with Crippen LogP contribution in [0.4, 0.5) is 0 Å². The summed E-state index contributed by atoms with van der Waals surface area (Å²) in [5.74, 6) is 1.51. The Morgan fingerprint density at radius 3 is 2.74 bits per heavy atom. The SMILES string of the molecule is Clc1ccc(Cl)c(OCCNCC2CCCCC2)c1. The van der Waals surface area contributed by atoms with Gasteiger partial charge in [-0.2, -0.15) is 0 Å². The molecule has 1 saturated carbocycles. The molecule has 0 bridgehead atoms. The van der Waals surface area contributed by atoms with Crippen molar-refractivity contribution in [1.82, 2.24) is 5.32 Å². The van der Waals surface area contributed by atoms with Gasteiger partial charge in [-0.05, 0) is 37.4 Å². The molecule has 1 aliphatic carbocycles. The van der Waals surface area contributed by atoms with Gasteiger partial charge in [0.1, 0.15) is 12.4 Å². The van der Waals surface area contributed by atoms with E-state index >= 15 is 0 Å². The van der Waals surface area contributed by atoms with E-state index in [0.29, 0.717) is 22.4 Å². The van der Waals surface area contributed by atoms with E-state index in [1.807, 2.05) is 0 Å². The van der Waals surface area contributed by atoms with Gasteiger partial charge in [-0.25, -0.2) is 0 Å². The van der Waals surface area contributed by atoms with E-state index in [4.69, 9.17) is 27.9 Å². The van der Waals surface area contributed by atoms with Crippen molar-refractivity contribution in [1.29, 1.82) is 0 Å². The molecule has 0 aliphatic heterocycles. The highest BCUT2D eigenvalue weighted by Crippen LogP contribution is 2.27. The van der Waals surface area contributed by atoms with Crippen LogP contribution in [0.25, 0.3) is 0 Å². The molecule has 4 heteroatoms. The predicted octanol–water partition coefficient (Wildman–Crippen LogP) is 4.54. The fraction of sp³-hybridized carbons (Fsp3) is 0.600. The monoisotopic (exact) mass is 301 g/mol. The summed E-state index contributed by atoms with van der Waals surface area (Å²) in [6.07, 6.45) is 6.93. The Morgan fingerprint density at radius 2 is 1.95 bits per heavy atom. The molecule has 106 valence electrons. The minimum atomic E-state index is 0.608. The van der Waals surface area contributed by atoms with Crippen molar-refractivity contribution in [2.24, 2.45) is 5.92 Å². The van der Waals surface area contributed by atoms with Gasteiger partial charge in [0.2, 0.25) is 0 Å². The van der Waals surface area contributed by atoms with Crippen molar-refractivity contribution in [3.05, 3.63) is 28.2 Å². The third-order valence-electron chi connectivity index (χ3n) is 3.59. The zero-order valence-corrected chi connectivity index (χ0v) is 12.6. The van der Waals surface area contributed by atoms with Gasteiger partial charge in [0.25, 0.3) is 0 Å². The molecule has 2 nitrogen and oxygen atoms in total. The summed E-state index contributed by atoms with van der Waals surface area (Å²) in [4.78, 5) is 0. The Hall–Kier alpha value is -0.440. The number of hydrogen-bond acceptors (Lipinski definition) is 2. The summed E-state index contributed by atoms with van der Waals surface area (Å²) >= 11 is 11.9. The first-order chi connectivity index (χ1) is 9.25. The topological polar surface area (TPSA) is 21.3 Å². The molecule has 0 aromatic heterocycles. The average Bonchev–Trinajstić information content (AvgIpc) is 2.43. The summed E-state index contributed by atoms with van der Waals surface area (Å²) < 4.78 is 5.63. The molecular formula is C15H21Cl2NO. The Kier molecular flexibility index (Phi) is 6.29. The molecule has 19 heavy (non-hydrogen) atoms. The lowest BCUT2D eigenvalue weighted by atomic mass is 9.89. The molecule has 0 atom stereocenters. The van der Waals surface area contributed by atoms with Crippen molar-refractivity contribution in [3.63, 3.8) is 0 Å². The van der Waals surface area contributed by atoms with Crippen molar-refractivity contribution in [2.45, 2.75) is 32.1 Å². The van der Waals surface area contributed by atoms with Crippen LogP contribution >= 0.6 is 23.2 Å². The molecule has 0 spiro atoms. The van der Waals surface area contributed by atoms with Gasteiger partial charge in [0, 0.05) is 17.6 Å². The number of rotatable bonds is 6. The molecule has 1 N–H and O–H groups in total. The lowest BCUT2D eigenvalue weighted by molar-refractivity contribution is 0.295. The molecule has 1 aliphatic rings. The molecular weight excluding hydrogens is 281 g/mol. The maximum Gasteiger partial charge on any atom is 0.139 e. The summed E-state index contributed by atoms with van der Waals surface area (Å²) in [5.41, 5.74) is 0. The van der Waals surface area contributed by atoms with Crippen molar-refractivity contribution in [2.75, 3.05) is 19.7 Å². The first-order valence-corrected chi connectivity index (χ1v) is 7.80. The minimum absolute atomic E-state index is 0.608. The summed E-state index contributed by atoms with van der Waals surface area (Å²) in [5, 5.41) is 4.71. The quantitative estimate of drug-likeness (QED) is 0.779. The van der Waals surface area contributed by atoms with Crippen LogP contribution in [0.2, 0.25) is 10.0 Å². The second-order valence-electron chi connectivity index (χ2n) is 5.13. The van der Waals surface area contributed by atoms with Crippen molar-refractivity contribution >= 4 is 23.2 Å². The molecule has 0 unspecified atom stereocenters. The average molecular weight is 302 g/mol. The third kappa shape index (κ3) is 5.21. The zero-order chi connectivity index (χ0) is 13.5. The van der Waals surface area contributed by atoms with E-state index in [-0.39, 0.29) is 0 Å². The fourth-order valence-electron chi connectivity index (χ4n) is 2.52. The lowest BCUT2D eigenvalue weighted by Crippen LogP contribution is -2.28. The standard InChI is InChI=1S/C15H21Cl2NO/c16-13-6-7-14(17)15(10-13)19-9-8-18-11-12-4-2-1-3-5-12/h6-7,10,12,18H,1-5,8-9,11H2. The third-order valence-corrected chi connectivity index (χ3v) is 4.13. The normalized spacial score (nSPS) is 16.5. The van der Waals surface area contributed by atoms with Gasteiger partial charge in [0.05, 0.1) is 5.02 Å². The van der Waals surface area contributed by atoms with Gasteiger partial charge < -0.3 is 10.1 Å². The van der Waals surface area contributed by atoms with Crippen molar-refractivity contribution < 1.29 is 4.74 Å². The number of hydrogen-bond donors (Lipinski definition) is 1. The first kappa shape index (κ1) is 15.0. The molecule has 1 aromatic carbocycles. The van der Waals surface area contributed by atoms with E-state index in [9.17, 15) is 0 Å². The van der Waals surface area contributed by atoms with E-state index in [2.05, 4.69) is 5.32 Å². The van der Waals surface area contributed by atoms with Gasteiger partial charge >= 0.3 is 0 Å². The summed E-state index contributed by atoms with van der Waals surface area (Å²) in [6.45, 7) is 2.57. The first-order valence-electron chi connectivity index (χ1n) is 7.04. The maximum atomic E-state index is 6.03. The van der Waals surface area contributed by atoms with E-state index in [0.717, 1.165) is 19.0 Å². The van der Waals surface area contributed by atoms with E-state index in [1.165, 1.54) is 32.1 Å². The molecule has 0 amide bonds. The highest BCUT2D eigenvalue weighted by Gasteiger charge is 2.12. The highest BCUT2D eigenvalue weighted by atomic mass is 35.5. The lowest BCUT2D eigenvalue weighted by Gasteiger charge is -2.21. The smallest absolute Gasteiger partial charge is 0.139 e. The summed E-state index contributed by atoms with van der Waals surface area (Å²) in [7, 11) is 0. The number of nitrogens with one attached hydrogen (secondary N) is 1. The number of benzene rings is 1. The Labute approximate surface area is 125 Å². The fourth-order valence-corrected chi connectivity index (χ4v) is 2.85. The maximum absolute atomic E-state index is 6.03. The highest BCUT2D eigenvalue weighted by molar-refractivity contribution is 6.34. The number of halogens is 2. The van der Waals surface area contributed by atoms with E-state index in [1.54, 1.807) is 18.2 Å². The van der Waals surface area contributed by atoms with E-state index < -0.39 is 0 Å². The van der Waals surface area contributed by atoms with Crippen LogP contribution in [-0.2, 0) is 0 Å². The van der Waals surface area contributed by atoms with Gasteiger partial charge in [0.15, 0.2) is 0 Å².